The maximum absolute atomic E-state index is 6.32. The summed E-state index contributed by atoms with van der Waals surface area (Å²) in [5.41, 5.74) is 0. The quantitative estimate of drug-likeness (QED) is 0.0380. The Kier molecular flexibility index (Phi) is 37.1. The SMILES string of the molecule is C=CCCCCCCCCCCCCO[Si](OC)(OCCCCCCCCCCCC)OCCCCCCCCCCCC. The maximum Gasteiger partial charge on any atom is 0.679 e. The highest BCUT2D eigenvalue weighted by molar-refractivity contribution is 6.53. The topological polar surface area (TPSA) is 36.9 Å². The van der Waals surface area contributed by atoms with Gasteiger partial charge in [0.1, 0.15) is 0 Å². The number of rotatable bonds is 39. The molecule has 0 aliphatic heterocycles. The summed E-state index contributed by atoms with van der Waals surface area (Å²) in [6.07, 6.45) is 42.8. The van der Waals surface area contributed by atoms with Crippen molar-refractivity contribution in [2.24, 2.45) is 0 Å². The summed E-state index contributed by atoms with van der Waals surface area (Å²) in [5, 5.41) is 0. The minimum atomic E-state index is -3.06. The Morgan fingerprint density at radius 3 is 0.886 bits per heavy atom. The van der Waals surface area contributed by atoms with Gasteiger partial charge in [0, 0.05) is 26.9 Å². The summed E-state index contributed by atoms with van der Waals surface area (Å²) in [4.78, 5) is 0. The van der Waals surface area contributed by atoms with Crippen LogP contribution >= 0.6 is 0 Å². The van der Waals surface area contributed by atoms with E-state index in [1.54, 1.807) is 7.11 Å². The lowest BCUT2D eigenvalue weighted by Gasteiger charge is -2.27. The smallest absolute Gasteiger partial charge is 0.355 e. The number of allylic oxidation sites excluding steroid dienone is 1. The van der Waals surface area contributed by atoms with Gasteiger partial charge >= 0.3 is 9.05 Å². The van der Waals surface area contributed by atoms with Crippen LogP contribution in [-0.4, -0.2) is 36.0 Å². The molecule has 44 heavy (non-hydrogen) atoms. The third kappa shape index (κ3) is 31.8. The molecular weight excluding hydrogens is 561 g/mol. The number of unbranched alkanes of at least 4 members (excludes halogenated alkanes) is 28. The van der Waals surface area contributed by atoms with Gasteiger partial charge in [-0.15, -0.1) is 6.58 Å². The maximum atomic E-state index is 6.32. The zero-order valence-corrected chi connectivity index (χ0v) is 31.5. The Balaban J connectivity index is 4.21. The molecule has 0 fully saturated rings. The van der Waals surface area contributed by atoms with E-state index in [0.717, 1.165) is 19.3 Å². The highest BCUT2D eigenvalue weighted by atomic mass is 28.4. The Bertz CT molecular complexity index is 518. The Morgan fingerprint density at radius 2 is 0.636 bits per heavy atom. The molecule has 0 atom stereocenters. The van der Waals surface area contributed by atoms with Gasteiger partial charge in [-0.05, 0) is 32.1 Å². The van der Waals surface area contributed by atoms with Gasteiger partial charge in [-0.3, -0.25) is 0 Å². The van der Waals surface area contributed by atoms with Crippen LogP contribution in [0.15, 0.2) is 12.7 Å². The molecule has 5 heteroatoms. The third-order valence-corrected chi connectivity index (χ3v) is 11.1. The third-order valence-electron chi connectivity index (χ3n) is 8.88. The molecule has 0 bridgehead atoms. The second kappa shape index (κ2) is 37.3. The van der Waals surface area contributed by atoms with E-state index in [2.05, 4.69) is 20.4 Å². The molecule has 0 N–H and O–H groups in total. The molecule has 0 aromatic carbocycles. The molecule has 0 spiro atoms. The molecule has 0 saturated heterocycles. The zero-order valence-electron chi connectivity index (χ0n) is 30.5. The van der Waals surface area contributed by atoms with E-state index in [0.29, 0.717) is 19.8 Å². The van der Waals surface area contributed by atoms with Crippen molar-refractivity contribution in [2.45, 2.75) is 213 Å². The van der Waals surface area contributed by atoms with Crippen LogP contribution in [0.5, 0.6) is 0 Å². The van der Waals surface area contributed by atoms with Crippen LogP contribution in [0.25, 0.3) is 0 Å². The molecule has 0 radical (unpaired) electrons. The predicted octanol–water partition coefficient (Wildman–Crippen LogP) is 13.4. The van der Waals surface area contributed by atoms with Crippen LogP contribution in [-0.2, 0) is 17.7 Å². The van der Waals surface area contributed by atoms with Crippen LogP contribution in [0.2, 0.25) is 0 Å². The van der Waals surface area contributed by atoms with E-state index in [4.69, 9.17) is 17.7 Å². The Hall–Kier alpha value is -0.203. The van der Waals surface area contributed by atoms with Gasteiger partial charge in [-0.2, -0.15) is 0 Å². The van der Waals surface area contributed by atoms with Crippen molar-refractivity contribution >= 4 is 9.05 Å². The lowest BCUT2D eigenvalue weighted by atomic mass is 10.1. The molecular formula is C39H80O4Si. The fourth-order valence-corrected chi connectivity index (χ4v) is 7.66. The summed E-state index contributed by atoms with van der Waals surface area (Å²) in [5.74, 6) is 0. The summed E-state index contributed by atoms with van der Waals surface area (Å²) < 4.78 is 24.8. The normalized spacial score (nSPS) is 11.9. The van der Waals surface area contributed by atoms with Crippen LogP contribution < -0.4 is 0 Å². The first-order chi connectivity index (χ1) is 21.7. The zero-order chi connectivity index (χ0) is 32.1. The first kappa shape index (κ1) is 43.8. The minimum Gasteiger partial charge on any atom is -0.355 e. The standard InChI is InChI=1S/C39H80O4Si/c1-5-8-11-14-17-20-23-24-27-30-33-36-39-43-44(40-4,41-37-34-31-28-25-21-18-15-12-9-6-2)42-38-35-32-29-26-22-19-16-13-10-7-3/h5H,1,6-39H2,2-4H3. The minimum absolute atomic E-state index is 0.680. The van der Waals surface area contributed by atoms with Gasteiger partial charge in [0.2, 0.25) is 0 Å². The fraction of sp³-hybridized carbons (Fsp3) is 0.949. The highest BCUT2D eigenvalue weighted by Gasteiger charge is 2.44. The number of hydrogen-bond acceptors (Lipinski definition) is 4. The van der Waals surface area contributed by atoms with Crippen molar-refractivity contribution in [3.05, 3.63) is 12.7 Å². The van der Waals surface area contributed by atoms with E-state index in [-0.39, 0.29) is 0 Å². The second-order valence-electron chi connectivity index (χ2n) is 13.2. The summed E-state index contributed by atoms with van der Waals surface area (Å²) in [6.45, 7) is 10.4. The second-order valence-corrected chi connectivity index (χ2v) is 15.5. The van der Waals surface area contributed by atoms with Gasteiger partial charge < -0.3 is 17.7 Å². The van der Waals surface area contributed by atoms with Crippen LogP contribution in [0.3, 0.4) is 0 Å². The van der Waals surface area contributed by atoms with E-state index in [9.17, 15) is 0 Å². The van der Waals surface area contributed by atoms with Crippen molar-refractivity contribution in [3.63, 3.8) is 0 Å². The van der Waals surface area contributed by atoms with E-state index >= 15 is 0 Å². The predicted molar refractivity (Wildman–Crippen MR) is 195 cm³/mol. The highest BCUT2D eigenvalue weighted by Crippen LogP contribution is 2.18. The van der Waals surface area contributed by atoms with Gasteiger partial charge in [0.15, 0.2) is 0 Å². The van der Waals surface area contributed by atoms with Crippen molar-refractivity contribution in [3.8, 4) is 0 Å². The van der Waals surface area contributed by atoms with Gasteiger partial charge in [0.25, 0.3) is 0 Å². The van der Waals surface area contributed by atoms with Gasteiger partial charge in [0.05, 0.1) is 0 Å². The lowest BCUT2D eigenvalue weighted by molar-refractivity contribution is -0.0246. The average molecular weight is 641 g/mol. The van der Waals surface area contributed by atoms with Crippen LogP contribution in [0, 0.1) is 0 Å². The molecule has 0 aromatic heterocycles. The molecule has 0 aliphatic carbocycles. The monoisotopic (exact) mass is 641 g/mol. The largest absolute Gasteiger partial charge is 0.679 e. The first-order valence-corrected chi connectivity index (χ1v) is 21.5. The van der Waals surface area contributed by atoms with Crippen molar-refractivity contribution in [2.75, 3.05) is 26.9 Å². The Morgan fingerprint density at radius 1 is 0.386 bits per heavy atom. The molecule has 0 unspecified atom stereocenters. The Labute approximate surface area is 278 Å². The molecule has 0 aliphatic rings. The molecule has 4 nitrogen and oxygen atoms in total. The molecule has 0 aromatic rings. The van der Waals surface area contributed by atoms with E-state index < -0.39 is 9.05 Å². The number of hydrogen-bond donors (Lipinski definition) is 0. The first-order valence-electron chi connectivity index (χ1n) is 19.8. The van der Waals surface area contributed by atoms with Crippen molar-refractivity contribution < 1.29 is 17.7 Å². The molecule has 0 rings (SSSR count). The summed E-state index contributed by atoms with van der Waals surface area (Å²) >= 11 is 0. The van der Waals surface area contributed by atoms with Crippen LogP contribution in [0.1, 0.15) is 213 Å². The van der Waals surface area contributed by atoms with Gasteiger partial charge in [-0.25, -0.2) is 0 Å². The molecule has 0 amide bonds. The molecule has 0 heterocycles. The van der Waals surface area contributed by atoms with E-state index in [1.165, 1.54) is 180 Å². The lowest BCUT2D eigenvalue weighted by Crippen LogP contribution is -2.49. The van der Waals surface area contributed by atoms with Crippen molar-refractivity contribution in [1.29, 1.82) is 0 Å². The average Bonchev–Trinajstić information content (AvgIpc) is 3.04. The van der Waals surface area contributed by atoms with E-state index in [1.807, 2.05) is 6.08 Å². The summed E-state index contributed by atoms with van der Waals surface area (Å²) in [6, 6.07) is 0. The van der Waals surface area contributed by atoms with Crippen molar-refractivity contribution in [1.82, 2.24) is 0 Å². The summed E-state index contributed by atoms with van der Waals surface area (Å²) in [7, 11) is -1.34. The van der Waals surface area contributed by atoms with Crippen LogP contribution in [0.4, 0.5) is 0 Å². The molecule has 264 valence electrons. The fourth-order valence-electron chi connectivity index (χ4n) is 5.88. The molecule has 0 saturated carbocycles. The van der Waals surface area contributed by atoms with Gasteiger partial charge in [-0.1, -0.05) is 187 Å².